The van der Waals surface area contributed by atoms with E-state index in [9.17, 15) is 0 Å². The van der Waals surface area contributed by atoms with Crippen molar-refractivity contribution >= 4 is 0 Å². The van der Waals surface area contributed by atoms with Gasteiger partial charge in [0.1, 0.15) is 0 Å². The number of hydrogen-bond donors (Lipinski definition) is 0. The molecule has 0 atom stereocenters. The Balaban J connectivity index is 3.90. The summed E-state index contributed by atoms with van der Waals surface area (Å²) < 4.78 is 5.46. The molecule has 0 bridgehead atoms. The van der Waals surface area contributed by atoms with Gasteiger partial charge in [-0.15, -0.1) is 6.58 Å². The van der Waals surface area contributed by atoms with Crippen molar-refractivity contribution in [3.8, 4) is 0 Å². The monoisotopic (exact) mass is 224 g/mol. The van der Waals surface area contributed by atoms with Gasteiger partial charge in [-0.25, -0.2) is 0 Å². The molecule has 0 aliphatic carbocycles. The van der Waals surface area contributed by atoms with Crippen molar-refractivity contribution in [2.24, 2.45) is 0 Å². The van der Waals surface area contributed by atoms with Gasteiger partial charge >= 0.3 is 0 Å². The van der Waals surface area contributed by atoms with Crippen LogP contribution in [0.5, 0.6) is 0 Å². The summed E-state index contributed by atoms with van der Waals surface area (Å²) in [5, 5.41) is 0. The lowest BCUT2D eigenvalue weighted by Crippen LogP contribution is -1.93. The zero-order chi connectivity index (χ0) is 12.2. The molecule has 1 heteroatoms. The summed E-state index contributed by atoms with van der Waals surface area (Å²) in [7, 11) is 1.79. The van der Waals surface area contributed by atoms with E-state index >= 15 is 0 Å². The number of hydrogen-bond acceptors (Lipinski definition) is 1. The molecule has 0 aliphatic heterocycles. The van der Waals surface area contributed by atoms with Gasteiger partial charge in [-0.3, -0.25) is 0 Å². The first-order valence-electron chi connectivity index (χ1n) is 6.59. The second-order valence-corrected chi connectivity index (χ2v) is 4.40. The molecule has 0 aromatic heterocycles. The van der Waals surface area contributed by atoms with Gasteiger partial charge in [-0.1, -0.05) is 32.3 Å². The minimum absolute atomic E-state index is 1.06. The number of rotatable bonds is 10. The largest absolute Gasteiger partial charge is 0.501 e. The minimum Gasteiger partial charge on any atom is -0.501 e. The zero-order valence-corrected chi connectivity index (χ0v) is 11.3. The lowest BCUT2D eigenvalue weighted by atomic mass is 10.0. The van der Waals surface area contributed by atoms with E-state index in [1.54, 1.807) is 7.11 Å². The normalized spacial score (nSPS) is 12.2. The van der Waals surface area contributed by atoms with Crippen LogP contribution in [0.15, 0.2) is 24.0 Å². The van der Waals surface area contributed by atoms with Crippen LogP contribution in [0.25, 0.3) is 0 Å². The highest BCUT2D eigenvalue weighted by Gasteiger charge is 2.02. The maximum Gasteiger partial charge on any atom is 0.0944 e. The molecule has 16 heavy (non-hydrogen) atoms. The van der Waals surface area contributed by atoms with E-state index in [1.165, 1.54) is 43.4 Å². The van der Waals surface area contributed by atoms with Crippen molar-refractivity contribution in [2.75, 3.05) is 7.11 Å². The molecule has 0 aromatic rings. The number of unbranched alkanes of at least 4 members (excludes halogenated alkanes) is 4. The molecule has 0 saturated heterocycles. The van der Waals surface area contributed by atoms with E-state index in [0.717, 1.165) is 19.3 Å². The lowest BCUT2D eigenvalue weighted by Gasteiger charge is -2.10. The fourth-order valence-electron chi connectivity index (χ4n) is 1.85. The van der Waals surface area contributed by atoms with Crippen molar-refractivity contribution in [3.05, 3.63) is 24.0 Å². The van der Waals surface area contributed by atoms with Gasteiger partial charge in [0.2, 0.25) is 0 Å². The maximum atomic E-state index is 5.46. The second kappa shape index (κ2) is 10.8. The number of allylic oxidation sites excluding steroid dienone is 3. The summed E-state index contributed by atoms with van der Waals surface area (Å²) in [6.07, 6.45) is 11.8. The van der Waals surface area contributed by atoms with Gasteiger partial charge < -0.3 is 4.74 Å². The zero-order valence-electron chi connectivity index (χ0n) is 11.3. The van der Waals surface area contributed by atoms with Crippen LogP contribution in [-0.2, 0) is 4.74 Å². The summed E-state index contributed by atoms with van der Waals surface area (Å²) in [6.45, 7) is 8.20. The van der Waals surface area contributed by atoms with Crippen LogP contribution in [0.4, 0.5) is 0 Å². The van der Waals surface area contributed by atoms with Crippen molar-refractivity contribution in [1.82, 2.24) is 0 Å². The Hall–Kier alpha value is -0.720. The standard InChI is InChI=1S/C15H28O/c1-5-7-9-11-12-14(3)15(16-4)13-10-8-6-2/h6H,2,5,7-13H2,1,3-4H3. The molecule has 0 spiro atoms. The highest BCUT2D eigenvalue weighted by molar-refractivity contribution is 5.05. The van der Waals surface area contributed by atoms with Crippen LogP contribution >= 0.6 is 0 Å². The molecule has 0 aromatic carbocycles. The molecule has 0 rings (SSSR count). The topological polar surface area (TPSA) is 9.23 Å². The van der Waals surface area contributed by atoms with Crippen molar-refractivity contribution in [1.29, 1.82) is 0 Å². The first-order chi connectivity index (χ1) is 7.76. The smallest absolute Gasteiger partial charge is 0.0944 e. The van der Waals surface area contributed by atoms with Gasteiger partial charge in [0.05, 0.1) is 12.9 Å². The van der Waals surface area contributed by atoms with Gasteiger partial charge in [0, 0.05) is 6.42 Å². The third-order valence-corrected chi connectivity index (χ3v) is 2.94. The van der Waals surface area contributed by atoms with E-state index in [1.807, 2.05) is 6.08 Å². The van der Waals surface area contributed by atoms with Crippen LogP contribution in [-0.4, -0.2) is 7.11 Å². The average Bonchev–Trinajstić information content (AvgIpc) is 2.30. The Morgan fingerprint density at radius 2 is 1.88 bits per heavy atom. The van der Waals surface area contributed by atoms with E-state index in [-0.39, 0.29) is 0 Å². The first kappa shape index (κ1) is 15.3. The van der Waals surface area contributed by atoms with Crippen molar-refractivity contribution in [2.45, 2.75) is 65.2 Å². The van der Waals surface area contributed by atoms with Gasteiger partial charge in [0.25, 0.3) is 0 Å². The molecule has 0 saturated carbocycles. The molecule has 1 nitrogen and oxygen atoms in total. The Bertz CT molecular complexity index is 203. The molecule has 0 N–H and O–H groups in total. The van der Waals surface area contributed by atoms with E-state index < -0.39 is 0 Å². The molecule has 0 aliphatic rings. The van der Waals surface area contributed by atoms with Crippen LogP contribution < -0.4 is 0 Å². The van der Waals surface area contributed by atoms with Crippen LogP contribution in [0.2, 0.25) is 0 Å². The van der Waals surface area contributed by atoms with Crippen LogP contribution in [0.1, 0.15) is 65.2 Å². The van der Waals surface area contributed by atoms with Crippen LogP contribution in [0.3, 0.4) is 0 Å². The van der Waals surface area contributed by atoms with E-state index in [4.69, 9.17) is 4.74 Å². The summed E-state index contributed by atoms with van der Waals surface area (Å²) in [4.78, 5) is 0. The van der Waals surface area contributed by atoms with E-state index in [0.29, 0.717) is 0 Å². The Labute approximate surface area is 102 Å². The Morgan fingerprint density at radius 1 is 1.12 bits per heavy atom. The van der Waals surface area contributed by atoms with Gasteiger partial charge in [-0.05, 0) is 38.2 Å². The van der Waals surface area contributed by atoms with Gasteiger partial charge in [-0.2, -0.15) is 0 Å². The number of methoxy groups -OCH3 is 1. The maximum absolute atomic E-state index is 5.46. The summed E-state index contributed by atoms with van der Waals surface area (Å²) in [6, 6.07) is 0. The molecular formula is C15H28O. The van der Waals surface area contributed by atoms with Crippen molar-refractivity contribution in [3.63, 3.8) is 0 Å². The predicted molar refractivity (Wildman–Crippen MR) is 72.5 cm³/mol. The molecule has 0 amide bonds. The van der Waals surface area contributed by atoms with E-state index in [2.05, 4.69) is 20.4 Å². The van der Waals surface area contributed by atoms with Gasteiger partial charge in [0.15, 0.2) is 0 Å². The molecule has 0 heterocycles. The summed E-state index contributed by atoms with van der Waals surface area (Å²) in [5.74, 6) is 1.19. The molecule has 0 unspecified atom stereocenters. The first-order valence-corrected chi connectivity index (χ1v) is 6.59. The third-order valence-electron chi connectivity index (χ3n) is 2.94. The average molecular weight is 224 g/mol. The summed E-state index contributed by atoms with van der Waals surface area (Å²) in [5.41, 5.74) is 1.43. The van der Waals surface area contributed by atoms with Crippen molar-refractivity contribution < 1.29 is 4.74 Å². The SMILES string of the molecule is C=CCCCC(OC)=C(C)CCCCCC. The molecule has 94 valence electrons. The second-order valence-electron chi connectivity index (χ2n) is 4.40. The fraction of sp³-hybridized carbons (Fsp3) is 0.733. The highest BCUT2D eigenvalue weighted by Crippen LogP contribution is 2.18. The quantitative estimate of drug-likeness (QED) is 0.280. The predicted octanol–water partition coefficient (Wildman–Crippen LogP) is 5.23. The molecule has 0 radical (unpaired) electrons. The lowest BCUT2D eigenvalue weighted by molar-refractivity contribution is 0.268. The minimum atomic E-state index is 1.06. The molecular weight excluding hydrogens is 196 g/mol. The highest BCUT2D eigenvalue weighted by atomic mass is 16.5. The number of ether oxygens (including phenoxy) is 1. The Morgan fingerprint density at radius 3 is 2.44 bits per heavy atom. The third kappa shape index (κ3) is 7.56. The Kier molecular flexibility index (Phi) is 10.3. The van der Waals surface area contributed by atoms with Crippen LogP contribution in [0, 0.1) is 0 Å². The summed E-state index contributed by atoms with van der Waals surface area (Å²) >= 11 is 0. The fourth-order valence-corrected chi connectivity index (χ4v) is 1.85. The molecule has 0 fully saturated rings.